The first-order chi connectivity index (χ1) is 10.6. The van der Waals surface area contributed by atoms with Crippen LogP contribution >= 0.6 is 0 Å². The fourth-order valence-corrected chi connectivity index (χ4v) is 2.49. The van der Waals surface area contributed by atoms with Crippen LogP contribution in [0.2, 0.25) is 0 Å². The van der Waals surface area contributed by atoms with E-state index in [1.54, 1.807) is 12.1 Å². The SMILES string of the molecule is C[n+]1cn(C[C@H](O)COc2ccc(F)cc2)c2ccccc21. The van der Waals surface area contributed by atoms with Gasteiger partial charge in [-0.25, -0.2) is 13.5 Å². The number of aliphatic hydroxyl groups excluding tert-OH is 1. The van der Waals surface area contributed by atoms with E-state index in [1.807, 2.05) is 46.8 Å². The minimum Gasteiger partial charge on any atom is -0.491 e. The normalized spacial score (nSPS) is 12.5. The minimum atomic E-state index is -0.652. The zero-order valence-electron chi connectivity index (χ0n) is 12.3. The molecule has 1 N–H and O–H groups in total. The number of aromatic nitrogens is 2. The van der Waals surface area contributed by atoms with E-state index in [0.29, 0.717) is 12.3 Å². The number of rotatable bonds is 5. The molecule has 2 aromatic carbocycles. The van der Waals surface area contributed by atoms with Gasteiger partial charge in [0.25, 0.3) is 0 Å². The van der Waals surface area contributed by atoms with E-state index < -0.39 is 6.10 Å². The van der Waals surface area contributed by atoms with Gasteiger partial charge in [0.2, 0.25) is 6.33 Å². The van der Waals surface area contributed by atoms with Gasteiger partial charge in [-0.05, 0) is 36.4 Å². The highest BCUT2D eigenvalue weighted by atomic mass is 19.1. The smallest absolute Gasteiger partial charge is 0.244 e. The van der Waals surface area contributed by atoms with Crippen molar-refractivity contribution in [3.63, 3.8) is 0 Å². The van der Waals surface area contributed by atoms with Crippen molar-refractivity contribution in [2.75, 3.05) is 6.61 Å². The zero-order valence-corrected chi connectivity index (χ0v) is 12.3. The number of aryl methyl sites for hydroxylation is 1. The number of halogens is 1. The standard InChI is InChI=1S/C17H18FN2O2/c1-19-12-20(17-5-3-2-4-16(17)19)10-14(21)11-22-15-8-6-13(18)7-9-15/h2-9,12,14,21H,10-11H2,1H3/q+1/t14-/m0/s1. The number of hydrogen-bond acceptors (Lipinski definition) is 2. The van der Waals surface area contributed by atoms with Crippen molar-refractivity contribution in [1.29, 1.82) is 0 Å². The second kappa shape index (κ2) is 6.15. The summed E-state index contributed by atoms with van der Waals surface area (Å²) in [7, 11) is 1.97. The predicted molar refractivity (Wildman–Crippen MR) is 81.0 cm³/mol. The Kier molecular flexibility index (Phi) is 4.06. The molecular formula is C17H18FN2O2+. The van der Waals surface area contributed by atoms with E-state index in [1.165, 1.54) is 12.1 Å². The molecule has 0 unspecified atom stereocenters. The Bertz CT molecular complexity index is 768. The van der Waals surface area contributed by atoms with Gasteiger partial charge in [0, 0.05) is 0 Å². The highest BCUT2D eigenvalue weighted by Crippen LogP contribution is 2.13. The largest absolute Gasteiger partial charge is 0.491 e. The van der Waals surface area contributed by atoms with E-state index in [9.17, 15) is 9.50 Å². The molecule has 0 aliphatic heterocycles. The molecule has 1 atom stereocenters. The monoisotopic (exact) mass is 301 g/mol. The fraction of sp³-hybridized carbons (Fsp3) is 0.235. The second-order valence-corrected chi connectivity index (χ2v) is 5.29. The summed E-state index contributed by atoms with van der Waals surface area (Å²) in [5.41, 5.74) is 2.17. The topological polar surface area (TPSA) is 38.3 Å². The molecule has 3 aromatic rings. The maximum Gasteiger partial charge on any atom is 0.244 e. The number of para-hydroxylation sites is 2. The lowest BCUT2D eigenvalue weighted by molar-refractivity contribution is -0.645. The van der Waals surface area contributed by atoms with Crippen molar-refractivity contribution in [2.24, 2.45) is 7.05 Å². The number of nitrogens with zero attached hydrogens (tertiary/aromatic N) is 2. The third-order valence-corrected chi connectivity index (χ3v) is 3.55. The van der Waals surface area contributed by atoms with Crippen molar-refractivity contribution in [3.05, 3.63) is 60.7 Å². The summed E-state index contributed by atoms with van der Waals surface area (Å²) in [6, 6.07) is 13.8. The second-order valence-electron chi connectivity index (χ2n) is 5.29. The predicted octanol–water partition coefficient (Wildman–Crippen LogP) is 2.04. The Balaban J connectivity index is 1.65. The van der Waals surface area contributed by atoms with Crippen molar-refractivity contribution in [1.82, 2.24) is 4.57 Å². The van der Waals surface area contributed by atoms with E-state index in [-0.39, 0.29) is 12.4 Å². The van der Waals surface area contributed by atoms with Gasteiger partial charge in [0.05, 0.1) is 7.05 Å². The lowest BCUT2D eigenvalue weighted by Crippen LogP contribution is -2.27. The summed E-state index contributed by atoms with van der Waals surface area (Å²) in [6.45, 7) is 0.588. The van der Waals surface area contributed by atoms with Crippen LogP contribution in [-0.4, -0.2) is 22.4 Å². The molecule has 0 amide bonds. The summed E-state index contributed by atoms with van der Waals surface area (Å²) >= 11 is 0. The Morgan fingerprint density at radius 2 is 1.91 bits per heavy atom. The number of fused-ring (bicyclic) bond motifs is 1. The van der Waals surface area contributed by atoms with Crippen LogP contribution in [0.5, 0.6) is 5.75 Å². The van der Waals surface area contributed by atoms with Crippen molar-refractivity contribution in [3.8, 4) is 5.75 Å². The molecule has 0 spiro atoms. The molecule has 0 saturated heterocycles. The van der Waals surface area contributed by atoms with Crippen LogP contribution in [0.15, 0.2) is 54.9 Å². The third-order valence-electron chi connectivity index (χ3n) is 3.55. The molecule has 0 aliphatic carbocycles. The van der Waals surface area contributed by atoms with E-state index >= 15 is 0 Å². The van der Waals surface area contributed by atoms with E-state index in [2.05, 4.69) is 0 Å². The Labute approximate surface area is 128 Å². The van der Waals surface area contributed by atoms with E-state index in [4.69, 9.17) is 4.74 Å². The number of ether oxygens (including phenoxy) is 1. The summed E-state index contributed by atoms with van der Waals surface area (Å²) in [5.74, 6) is 0.238. The average molecular weight is 301 g/mol. The summed E-state index contributed by atoms with van der Waals surface area (Å²) in [5, 5.41) is 10.2. The molecule has 3 rings (SSSR count). The average Bonchev–Trinajstić information content (AvgIpc) is 2.83. The van der Waals surface area contributed by atoms with Gasteiger partial charge in [-0.3, -0.25) is 0 Å². The first kappa shape index (κ1) is 14.5. The van der Waals surface area contributed by atoms with Gasteiger partial charge in [0.1, 0.15) is 30.8 Å². The third kappa shape index (κ3) is 3.09. The van der Waals surface area contributed by atoms with Gasteiger partial charge < -0.3 is 9.84 Å². The molecule has 0 bridgehead atoms. The molecular weight excluding hydrogens is 283 g/mol. The van der Waals surface area contributed by atoms with Gasteiger partial charge in [-0.1, -0.05) is 12.1 Å². The van der Waals surface area contributed by atoms with Crippen molar-refractivity contribution in [2.45, 2.75) is 12.6 Å². The Morgan fingerprint density at radius 3 is 2.68 bits per heavy atom. The first-order valence-corrected chi connectivity index (χ1v) is 7.13. The summed E-state index contributed by atoms with van der Waals surface area (Å²) < 4.78 is 22.3. The molecule has 0 saturated carbocycles. The highest BCUT2D eigenvalue weighted by Gasteiger charge is 2.16. The molecule has 0 radical (unpaired) electrons. The summed E-state index contributed by atoms with van der Waals surface area (Å²) in [4.78, 5) is 0. The molecule has 0 fully saturated rings. The molecule has 4 nitrogen and oxygen atoms in total. The zero-order chi connectivity index (χ0) is 15.5. The molecule has 22 heavy (non-hydrogen) atoms. The number of hydrogen-bond donors (Lipinski definition) is 1. The van der Waals surface area contributed by atoms with Gasteiger partial charge >= 0.3 is 0 Å². The van der Waals surface area contributed by atoms with Gasteiger partial charge in [-0.2, -0.15) is 0 Å². The number of benzene rings is 2. The van der Waals surface area contributed by atoms with Crippen LogP contribution in [0, 0.1) is 5.82 Å². The Hall–Kier alpha value is -2.40. The highest BCUT2D eigenvalue weighted by molar-refractivity contribution is 5.71. The van der Waals surface area contributed by atoms with Crippen molar-refractivity contribution < 1.29 is 18.8 Å². The Morgan fingerprint density at radius 1 is 1.18 bits per heavy atom. The fourth-order valence-electron chi connectivity index (χ4n) is 2.49. The van der Waals surface area contributed by atoms with E-state index in [0.717, 1.165) is 11.0 Å². The number of aliphatic hydroxyl groups is 1. The van der Waals surface area contributed by atoms with Crippen LogP contribution in [0.1, 0.15) is 0 Å². The molecule has 5 heteroatoms. The first-order valence-electron chi connectivity index (χ1n) is 7.13. The van der Waals surface area contributed by atoms with Crippen LogP contribution in [0.25, 0.3) is 11.0 Å². The molecule has 1 heterocycles. The maximum absolute atomic E-state index is 12.8. The van der Waals surface area contributed by atoms with Crippen molar-refractivity contribution >= 4 is 11.0 Å². The van der Waals surface area contributed by atoms with Crippen LogP contribution < -0.4 is 9.30 Å². The lowest BCUT2D eigenvalue weighted by Gasteiger charge is -2.10. The summed E-state index contributed by atoms with van der Waals surface area (Å²) in [6.07, 6.45) is 1.30. The van der Waals surface area contributed by atoms with Gasteiger partial charge in [0.15, 0.2) is 11.0 Å². The van der Waals surface area contributed by atoms with Gasteiger partial charge in [-0.15, -0.1) is 0 Å². The molecule has 0 aliphatic rings. The minimum absolute atomic E-state index is 0.155. The maximum atomic E-state index is 12.8. The molecule has 114 valence electrons. The molecule has 1 aromatic heterocycles. The number of imidazole rings is 1. The van der Waals surface area contributed by atoms with Crippen LogP contribution in [0.3, 0.4) is 0 Å². The van der Waals surface area contributed by atoms with Crippen LogP contribution in [0.4, 0.5) is 4.39 Å². The quantitative estimate of drug-likeness (QED) is 0.733. The lowest BCUT2D eigenvalue weighted by atomic mass is 10.3. The van der Waals surface area contributed by atoms with Crippen LogP contribution in [-0.2, 0) is 13.6 Å².